The standard InChI is InChI=1S/C25H37N3O2S/c1-18(2)27-23(29)30-17-25(12-11-22-10-8-20(4)31-22)13-14-28(16-25)24(5,6)21-9-7-19(3)26-15-21/h7-10,15,18H,11-14,16-17H2,1-6H3,(H,27,29). The predicted octanol–water partition coefficient (Wildman–Crippen LogP) is 5.45. The summed E-state index contributed by atoms with van der Waals surface area (Å²) >= 11 is 1.87. The van der Waals surface area contributed by atoms with Crippen LogP contribution in [0, 0.1) is 19.3 Å². The average Bonchev–Trinajstić information content (AvgIpc) is 3.32. The molecule has 1 aliphatic rings. The zero-order valence-electron chi connectivity index (χ0n) is 19.8. The Morgan fingerprint density at radius 2 is 2.06 bits per heavy atom. The fourth-order valence-electron chi connectivity index (χ4n) is 4.32. The fourth-order valence-corrected chi connectivity index (χ4v) is 5.21. The van der Waals surface area contributed by atoms with Crippen LogP contribution in [0.15, 0.2) is 30.5 Å². The number of aromatic nitrogens is 1. The first-order valence-electron chi connectivity index (χ1n) is 11.3. The second-order valence-electron chi connectivity index (χ2n) is 9.81. The third-order valence-corrected chi connectivity index (χ3v) is 7.52. The molecule has 1 fully saturated rings. The highest BCUT2D eigenvalue weighted by atomic mass is 32.1. The van der Waals surface area contributed by atoms with E-state index in [1.54, 1.807) is 0 Å². The average molecular weight is 444 g/mol. The van der Waals surface area contributed by atoms with E-state index in [0.717, 1.165) is 38.0 Å². The maximum absolute atomic E-state index is 12.2. The third-order valence-electron chi connectivity index (χ3n) is 6.46. The van der Waals surface area contributed by atoms with Crippen molar-refractivity contribution in [2.24, 2.45) is 5.41 Å². The molecule has 2 aromatic heterocycles. The molecule has 0 radical (unpaired) electrons. The molecule has 0 spiro atoms. The molecule has 5 nitrogen and oxygen atoms in total. The van der Waals surface area contributed by atoms with Crippen LogP contribution < -0.4 is 5.32 Å². The number of nitrogens with one attached hydrogen (secondary N) is 1. The molecule has 1 amide bonds. The number of likely N-dealkylation sites (tertiary alicyclic amines) is 1. The highest BCUT2D eigenvalue weighted by Crippen LogP contribution is 2.42. The van der Waals surface area contributed by atoms with E-state index >= 15 is 0 Å². The van der Waals surface area contributed by atoms with Gasteiger partial charge in [-0.2, -0.15) is 0 Å². The molecule has 1 atom stereocenters. The highest BCUT2D eigenvalue weighted by Gasteiger charge is 2.44. The van der Waals surface area contributed by atoms with Crippen LogP contribution in [0.5, 0.6) is 0 Å². The molecule has 0 aromatic carbocycles. The SMILES string of the molecule is Cc1ccc(C(C)(C)N2CCC(CCc3ccc(C)s3)(COC(=O)NC(C)C)C2)cn1. The van der Waals surface area contributed by atoms with Crippen molar-refractivity contribution in [3.05, 3.63) is 51.5 Å². The molecule has 6 heteroatoms. The van der Waals surface area contributed by atoms with Crippen LogP contribution in [0.4, 0.5) is 4.79 Å². The van der Waals surface area contributed by atoms with Crippen LogP contribution in [-0.2, 0) is 16.7 Å². The highest BCUT2D eigenvalue weighted by molar-refractivity contribution is 7.11. The quantitative estimate of drug-likeness (QED) is 0.589. The fraction of sp³-hybridized carbons (Fsp3) is 0.600. The van der Waals surface area contributed by atoms with Crippen LogP contribution in [0.3, 0.4) is 0 Å². The Morgan fingerprint density at radius 3 is 2.68 bits per heavy atom. The second-order valence-corrected chi connectivity index (χ2v) is 11.2. The van der Waals surface area contributed by atoms with Gasteiger partial charge in [0.15, 0.2) is 0 Å². The zero-order chi connectivity index (χ0) is 22.6. The van der Waals surface area contributed by atoms with Gasteiger partial charge in [-0.15, -0.1) is 11.3 Å². The van der Waals surface area contributed by atoms with Gasteiger partial charge in [-0.3, -0.25) is 9.88 Å². The number of ether oxygens (including phenoxy) is 1. The molecule has 2 aromatic rings. The van der Waals surface area contributed by atoms with E-state index in [9.17, 15) is 4.79 Å². The summed E-state index contributed by atoms with van der Waals surface area (Å²) in [6.45, 7) is 15.0. The van der Waals surface area contributed by atoms with E-state index in [4.69, 9.17) is 4.74 Å². The zero-order valence-corrected chi connectivity index (χ0v) is 20.6. The molecule has 1 unspecified atom stereocenters. The lowest BCUT2D eigenvalue weighted by atomic mass is 9.82. The number of thiophene rings is 1. The molecular weight excluding hydrogens is 406 g/mol. The number of nitrogens with zero attached hydrogens (tertiary/aromatic N) is 2. The third kappa shape index (κ3) is 6.07. The number of amides is 1. The number of hydrogen-bond acceptors (Lipinski definition) is 5. The van der Waals surface area contributed by atoms with Gasteiger partial charge in [-0.25, -0.2) is 4.79 Å². The predicted molar refractivity (Wildman–Crippen MR) is 128 cm³/mol. The Bertz CT molecular complexity index is 875. The summed E-state index contributed by atoms with van der Waals surface area (Å²) in [5.41, 5.74) is 2.09. The minimum Gasteiger partial charge on any atom is -0.449 e. The summed E-state index contributed by atoms with van der Waals surface area (Å²) in [7, 11) is 0. The molecule has 3 rings (SSSR count). The first-order chi connectivity index (χ1) is 14.6. The number of aryl methyl sites for hydroxylation is 3. The lowest BCUT2D eigenvalue weighted by Gasteiger charge is -2.38. The Hall–Kier alpha value is -1.92. The molecular formula is C25H37N3O2S. The van der Waals surface area contributed by atoms with Gasteiger partial charge in [-0.1, -0.05) is 6.07 Å². The molecule has 1 aliphatic heterocycles. The summed E-state index contributed by atoms with van der Waals surface area (Å²) in [5, 5.41) is 2.85. The summed E-state index contributed by atoms with van der Waals surface area (Å²) in [6.07, 6.45) is 4.74. The lowest BCUT2D eigenvalue weighted by Crippen LogP contribution is -2.43. The Morgan fingerprint density at radius 1 is 1.29 bits per heavy atom. The summed E-state index contributed by atoms with van der Waals surface area (Å²) < 4.78 is 5.73. The Labute approximate surface area is 191 Å². The van der Waals surface area contributed by atoms with Crippen molar-refractivity contribution in [3.63, 3.8) is 0 Å². The van der Waals surface area contributed by atoms with Gasteiger partial charge in [0.2, 0.25) is 0 Å². The normalized spacial score (nSPS) is 19.7. The van der Waals surface area contributed by atoms with Crippen LogP contribution in [0.2, 0.25) is 0 Å². The van der Waals surface area contributed by atoms with Crippen molar-refractivity contribution in [1.82, 2.24) is 15.2 Å². The van der Waals surface area contributed by atoms with Crippen LogP contribution in [0.25, 0.3) is 0 Å². The largest absolute Gasteiger partial charge is 0.449 e. The number of carbonyl (C=O) groups is 1. The van der Waals surface area contributed by atoms with Crippen molar-refractivity contribution < 1.29 is 9.53 Å². The van der Waals surface area contributed by atoms with Gasteiger partial charge in [0.1, 0.15) is 6.61 Å². The van der Waals surface area contributed by atoms with Crippen molar-refractivity contribution in [3.8, 4) is 0 Å². The molecule has 0 aliphatic carbocycles. The van der Waals surface area contributed by atoms with Crippen molar-refractivity contribution in [2.75, 3.05) is 19.7 Å². The Balaban J connectivity index is 1.74. The molecule has 1 saturated heterocycles. The van der Waals surface area contributed by atoms with Crippen LogP contribution >= 0.6 is 11.3 Å². The van der Waals surface area contributed by atoms with Gasteiger partial charge in [0.05, 0.1) is 0 Å². The molecule has 31 heavy (non-hydrogen) atoms. The molecule has 3 heterocycles. The Kier molecular flexibility index (Phi) is 7.43. The summed E-state index contributed by atoms with van der Waals surface area (Å²) in [4.78, 5) is 22.0. The number of alkyl carbamates (subject to hydrolysis) is 1. The van der Waals surface area contributed by atoms with E-state index in [2.05, 4.69) is 60.2 Å². The van der Waals surface area contributed by atoms with Crippen LogP contribution in [-0.4, -0.2) is 41.7 Å². The number of hydrogen-bond donors (Lipinski definition) is 1. The van der Waals surface area contributed by atoms with Gasteiger partial charge < -0.3 is 10.1 Å². The van der Waals surface area contributed by atoms with Gasteiger partial charge >= 0.3 is 6.09 Å². The maximum Gasteiger partial charge on any atom is 0.407 e. The molecule has 0 bridgehead atoms. The van der Waals surface area contributed by atoms with Crippen molar-refractivity contribution in [1.29, 1.82) is 0 Å². The van der Waals surface area contributed by atoms with E-state index in [-0.39, 0.29) is 23.1 Å². The monoisotopic (exact) mass is 443 g/mol. The second kappa shape index (κ2) is 9.70. The minimum atomic E-state index is -0.318. The van der Waals surface area contributed by atoms with E-state index < -0.39 is 0 Å². The summed E-state index contributed by atoms with van der Waals surface area (Å²) in [6, 6.07) is 8.76. The number of carbonyl (C=O) groups excluding carboxylic acids is 1. The van der Waals surface area contributed by atoms with Crippen LogP contribution in [0.1, 0.15) is 61.5 Å². The lowest BCUT2D eigenvalue weighted by molar-refractivity contribution is 0.0638. The van der Waals surface area contributed by atoms with Gasteiger partial charge in [0, 0.05) is 45.2 Å². The first-order valence-corrected chi connectivity index (χ1v) is 12.1. The van der Waals surface area contributed by atoms with Gasteiger partial charge in [-0.05, 0) is 91.1 Å². The van der Waals surface area contributed by atoms with E-state index in [0.29, 0.717) is 6.61 Å². The first kappa shape index (κ1) is 23.7. The molecule has 170 valence electrons. The van der Waals surface area contributed by atoms with E-state index in [1.165, 1.54) is 15.3 Å². The van der Waals surface area contributed by atoms with Gasteiger partial charge in [0.25, 0.3) is 0 Å². The minimum absolute atomic E-state index is 0.0401. The van der Waals surface area contributed by atoms with E-state index in [1.807, 2.05) is 38.3 Å². The summed E-state index contributed by atoms with van der Waals surface area (Å²) in [5.74, 6) is 0. The molecule has 1 N–H and O–H groups in total. The molecule has 0 saturated carbocycles. The van der Waals surface area contributed by atoms with Crippen molar-refractivity contribution in [2.45, 2.75) is 72.4 Å². The van der Waals surface area contributed by atoms with Crippen molar-refractivity contribution >= 4 is 17.4 Å². The topological polar surface area (TPSA) is 54.5 Å². The number of pyridine rings is 1. The maximum atomic E-state index is 12.2. The smallest absolute Gasteiger partial charge is 0.407 e. The number of rotatable bonds is 8.